The van der Waals surface area contributed by atoms with Crippen molar-refractivity contribution < 1.29 is 13.6 Å². The monoisotopic (exact) mass is 268 g/mol. The molecule has 94 valence electrons. The van der Waals surface area contributed by atoms with Gasteiger partial charge in [0.1, 0.15) is 5.69 Å². The van der Waals surface area contributed by atoms with Gasteiger partial charge in [-0.15, -0.1) is 11.3 Å². The Balaban J connectivity index is 2.09. The van der Waals surface area contributed by atoms with Gasteiger partial charge in [0, 0.05) is 19.0 Å². The number of amides is 1. The van der Waals surface area contributed by atoms with E-state index in [1.807, 2.05) is 0 Å². The summed E-state index contributed by atoms with van der Waals surface area (Å²) in [5.41, 5.74) is 2.45. The van der Waals surface area contributed by atoms with Crippen molar-refractivity contribution in [2.75, 3.05) is 7.05 Å². The van der Waals surface area contributed by atoms with Crippen molar-refractivity contribution in [2.45, 2.75) is 6.54 Å². The second-order valence-corrected chi connectivity index (χ2v) is 4.50. The summed E-state index contributed by atoms with van der Waals surface area (Å²) in [5.74, 6) is -2.06. The molecule has 0 fully saturated rings. The molecule has 2 rings (SSSR count). The lowest BCUT2D eigenvalue weighted by atomic mass is 10.2. The lowest BCUT2D eigenvalue weighted by Gasteiger charge is -2.16. The fourth-order valence-corrected chi connectivity index (χ4v) is 2.02. The number of halogens is 2. The van der Waals surface area contributed by atoms with Gasteiger partial charge in [-0.1, -0.05) is 6.07 Å². The molecule has 0 atom stereocenters. The molecule has 1 amide bonds. The van der Waals surface area contributed by atoms with Crippen LogP contribution in [0.25, 0.3) is 0 Å². The topological polar surface area (TPSA) is 33.2 Å². The van der Waals surface area contributed by atoms with Gasteiger partial charge in [-0.05, 0) is 17.7 Å². The maximum Gasteiger partial charge on any atom is 0.273 e. The first-order valence-corrected chi connectivity index (χ1v) is 6.10. The number of hydrogen-bond donors (Lipinski definition) is 0. The molecule has 0 aliphatic carbocycles. The standard InChI is InChI=1S/C12H10F2N2OS/c1-16(12(17)11-6-18-7-15-11)5-8-2-3-9(13)10(14)4-8/h2-4,6-7H,5H2,1H3. The van der Waals surface area contributed by atoms with E-state index < -0.39 is 11.6 Å². The van der Waals surface area contributed by atoms with Crippen molar-refractivity contribution in [2.24, 2.45) is 0 Å². The number of carbonyl (C=O) groups excluding carboxylic acids is 1. The number of nitrogens with zero attached hydrogens (tertiary/aromatic N) is 2. The Hall–Kier alpha value is -1.82. The van der Waals surface area contributed by atoms with Crippen molar-refractivity contribution in [1.29, 1.82) is 0 Å². The summed E-state index contributed by atoms with van der Waals surface area (Å²) in [5, 5.41) is 1.64. The average molecular weight is 268 g/mol. The quantitative estimate of drug-likeness (QED) is 0.857. The smallest absolute Gasteiger partial charge is 0.273 e. The molecule has 0 bridgehead atoms. The van der Waals surface area contributed by atoms with E-state index in [0.717, 1.165) is 12.1 Å². The minimum absolute atomic E-state index is 0.202. The summed E-state index contributed by atoms with van der Waals surface area (Å²) in [6.07, 6.45) is 0. The normalized spacial score (nSPS) is 10.4. The van der Waals surface area contributed by atoms with E-state index in [4.69, 9.17) is 0 Å². The Labute approximate surface area is 107 Å². The van der Waals surface area contributed by atoms with Crippen molar-refractivity contribution in [3.8, 4) is 0 Å². The zero-order valence-corrected chi connectivity index (χ0v) is 10.4. The van der Waals surface area contributed by atoms with Gasteiger partial charge in [0.2, 0.25) is 0 Å². The zero-order chi connectivity index (χ0) is 13.1. The van der Waals surface area contributed by atoms with E-state index in [9.17, 15) is 13.6 Å². The molecule has 0 saturated carbocycles. The molecule has 0 radical (unpaired) electrons. The zero-order valence-electron chi connectivity index (χ0n) is 9.56. The second kappa shape index (κ2) is 5.22. The molecule has 0 unspecified atom stereocenters. The van der Waals surface area contributed by atoms with E-state index in [2.05, 4.69) is 4.98 Å². The van der Waals surface area contributed by atoms with Gasteiger partial charge in [0.15, 0.2) is 11.6 Å². The lowest BCUT2D eigenvalue weighted by molar-refractivity contribution is 0.0780. The van der Waals surface area contributed by atoms with Gasteiger partial charge < -0.3 is 4.90 Å². The van der Waals surface area contributed by atoms with Crippen LogP contribution in [0.3, 0.4) is 0 Å². The third-order valence-corrected chi connectivity index (χ3v) is 2.99. The van der Waals surface area contributed by atoms with Crippen molar-refractivity contribution >= 4 is 17.2 Å². The predicted molar refractivity (Wildman–Crippen MR) is 64.3 cm³/mol. The first-order valence-electron chi connectivity index (χ1n) is 5.15. The predicted octanol–water partition coefficient (Wildman–Crippen LogP) is 2.69. The summed E-state index contributed by atoms with van der Waals surface area (Å²) in [6, 6.07) is 3.58. The number of carbonyl (C=O) groups is 1. The first kappa shape index (κ1) is 12.6. The van der Waals surface area contributed by atoms with Crippen LogP contribution in [-0.2, 0) is 6.54 Å². The van der Waals surface area contributed by atoms with E-state index in [1.165, 1.54) is 22.3 Å². The molecule has 0 spiro atoms. The summed E-state index contributed by atoms with van der Waals surface area (Å²) in [6.45, 7) is 0.202. The van der Waals surface area contributed by atoms with Crippen LogP contribution in [0.1, 0.15) is 16.1 Å². The van der Waals surface area contributed by atoms with E-state index >= 15 is 0 Å². The molecule has 0 aliphatic rings. The molecule has 0 aliphatic heterocycles. The van der Waals surface area contributed by atoms with Crippen molar-refractivity contribution in [3.63, 3.8) is 0 Å². The minimum Gasteiger partial charge on any atom is -0.336 e. The van der Waals surface area contributed by atoms with Crippen LogP contribution in [-0.4, -0.2) is 22.8 Å². The highest BCUT2D eigenvalue weighted by molar-refractivity contribution is 7.07. The summed E-state index contributed by atoms with van der Waals surface area (Å²) in [4.78, 5) is 17.2. The van der Waals surface area contributed by atoms with E-state index in [-0.39, 0.29) is 12.5 Å². The van der Waals surface area contributed by atoms with E-state index in [0.29, 0.717) is 11.3 Å². The maximum atomic E-state index is 13.0. The average Bonchev–Trinajstić information content (AvgIpc) is 2.86. The fraction of sp³-hybridized carbons (Fsp3) is 0.167. The maximum absolute atomic E-state index is 13.0. The second-order valence-electron chi connectivity index (χ2n) is 3.78. The fourth-order valence-electron chi connectivity index (χ4n) is 1.50. The van der Waals surface area contributed by atoms with Gasteiger partial charge in [-0.25, -0.2) is 13.8 Å². The Morgan fingerprint density at radius 3 is 2.78 bits per heavy atom. The molecule has 0 saturated heterocycles. The SMILES string of the molecule is CN(Cc1ccc(F)c(F)c1)C(=O)c1cscn1. The summed E-state index contributed by atoms with van der Waals surface area (Å²) in [7, 11) is 1.59. The molecule has 0 N–H and O–H groups in total. The number of rotatable bonds is 3. The van der Waals surface area contributed by atoms with Gasteiger partial charge in [0.05, 0.1) is 5.51 Å². The van der Waals surface area contributed by atoms with E-state index in [1.54, 1.807) is 17.9 Å². The molecule has 2 aromatic rings. The van der Waals surface area contributed by atoms with Crippen LogP contribution in [0.15, 0.2) is 29.1 Å². The highest BCUT2D eigenvalue weighted by atomic mass is 32.1. The summed E-state index contributed by atoms with van der Waals surface area (Å²) >= 11 is 1.33. The van der Waals surface area contributed by atoms with Crippen LogP contribution in [0.5, 0.6) is 0 Å². The third kappa shape index (κ3) is 2.70. The molecule has 1 aromatic heterocycles. The molecule has 1 heterocycles. The molecule has 3 nitrogen and oxygen atoms in total. The largest absolute Gasteiger partial charge is 0.336 e. The van der Waals surface area contributed by atoms with Crippen molar-refractivity contribution in [3.05, 3.63) is 52.0 Å². The van der Waals surface area contributed by atoms with Gasteiger partial charge in [0.25, 0.3) is 5.91 Å². The molecule has 18 heavy (non-hydrogen) atoms. The van der Waals surface area contributed by atoms with Gasteiger partial charge in [-0.3, -0.25) is 4.79 Å². The molecular formula is C12H10F2N2OS. The van der Waals surface area contributed by atoms with Crippen LogP contribution in [0, 0.1) is 11.6 Å². The van der Waals surface area contributed by atoms with Crippen molar-refractivity contribution in [1.82, 2.24) is 9.88 Å². The van der Waals surface area contributed by atoms with Crippen LogP contribution in [0.2, 0.25) is 0 Å². The highest BCUT2D eigenvalue weighted by Crippen LogP contribution is 2.12. The molecule has 1 aromatic carbocycles. The van der Waals surface area contributed by atoms with Gasteiger partial charge in [-0.2, -0.15) is 0 Å². The number of thiazole rings is 1. The summed E-state index contributed by atoms with van der Waals surface area (Å²) < 4.78 is 25.8. The molecular weight excluding hydrogens is 258 g/mol. The number of hydrogen-bond acceptors (Lipinski definition) is 3. The number of aromatic nitrogens is 1. The van der Waals surface area contributed by atoms with Crippen LogP contribution >= 0.6 is 11.3 Å². The minimum atomic E-state index is -0.915. The molecule has 6 heteroatoms. The van der Waals surface area contributed by atoms with Crippen LogP contribution < -0.4 is 0 Å². The Bertz CT molecular complexity index is 557. The number of benzene rings is 1. The first-order chi connectivity index (χ1) is 8.58. The Morgan fingerprint density at radius 2 is 2.17 bits per heavy atom. The van der Waals surface area contributed by atoms with Gasteiger partial charge >= 0.3 is 0 Å². The lowest BCUT2D eigenvalue weighted by Crippen LogP contribution is -2.26. The van der Waals surface area contributed by atoms with Crippen LogP contribution in [0.4, 0.5) is 8.78 Å². The Morgan fingerprint density at radius 1 is 1.39 bits per heavy atom. The Kier molecular flexibility index (Phi) is 3.66. The third-order valence-electron chi connectivity index (χ3n) is 2.40. The highest BCUT2D eigenvalue weighted by Gasteiger charge is 2.14.